The number of aromatic nitrogens is 2. The maximum Gasteiger partial charge on any atom is 0.191 e. The smallest absolute Gasteiger partial charge is 0.191 e. The zero-order valence-corrected chi connectivity index (χ0v) is 19.9. The van der Waals surface area contributed by atoms with Crippen LogP contribution < -0.4 is 10.6 Å². The molecule has 2 N–H and O–H groups in total. The summed E-state index contributed by atoms with van der Waals surface area (Å²) in [4.78, 5) is 10.1. The van der Waals surface area contributed by atoms with Gasteiger partial charge in [-0.2, -0.15) is 0 Å². The maximum absolute atomic E-state index is 5.91. The quantitative estimate of drug-likeness (QED) is 0.158. The van der Waals surface area contributed by atoms with Gasteiger partial charge in [-0.15, -0.1) is 35.7 Å². The summed E-state index contributed by atoms with van der Waals surface area (Å²) in [5, 5.41) is 7.47. The summed E-state index contributed by atoms with van der Waals surface area (Å²) in [6.45, 7) is 7.68. The SMILES string of the molecule is CCNC(=NCCCCn1ccnc1C)NCCSc1ccc(Cl)cc1.I. The van der Waals surface area contributed by atoms with Crippen LogP contribution in [0.25, 0.3) is 0 Å². The number of halogens is 2. The molecule has 1 heterocycles. The standard InChI is InChI=1S/C19H28ClN5S.HI/c1-3-21-19(23-10-4-5-13-25-14-11-22-16(25)2)24-12-15-26-18-8-6-17(20)7-9-18;/h6-9,11,14H,3-5,10,12-13,15H2,1-2H3,(H2,21,23,24);1H. The fourth-order valence-electron chi connectivity index (χ4n) is 2.44. The topological polar surface area (TPSA) is 54.2 Å². The average Bonchev–Trinajstić information content (AvgIpc) is 3.04. The van der Waals surface area contributed by atoms with Gasteiger partial charge in [-0.05, 0) is 51.0 Å². The Labute approximate surface area is 188 Å². The van der Waals surface area contributed by atoms with Crippen LogP contribution in [-0.2, 0) is 6.54 Å². The highest BCUT2D eigenvalue weighted by molar-refractivity contribution is 14.0. The molecule has 0 saturated carbocycles. The number of guanidine groups is 1. The molecule has 0 aliphatic heterocycles. The predicted octanol–water partition coefficient (Wildman–Crippen LogP) is 4.59. The molecule has 0 amide bonds. The predicted molar refractivity (Wildman–Crippen MR) is 128 cm³/mol. The second-order valence-electron chi connectivity index (χ2n) is 5.86. The molecular weight excluding hydrogens is 493 g/mol. The van der Waals surface area contributed by atoms with Crippen molar-refractivity contribution < 1.29 is 0 Å². The van der Waals surface area contributed by atoms with Gasteiger partial charge in [0.15, 0.2) is 5.96 Å². The number of imidazole rings is 1. The van der Waals surface area contributed by atoms with Crippen molar-refractivity contribution in [3.63, 3.8) is 0 Å². The monoisotopic (exact) mass is 521 g/mol. The molecule has 150 valence electrons. The van der Waals surface area contributed by atoms with Gasteiger partial charge < -0.3 is 15.2 Å². The molecule has 1 aromatic carbocycles. The molecule has 0 aliphatic carbocycles. The minimum Gasteiger partial charge on any atom is -0.357 e. The maximum atomic E-state index is 5.91. The summed E-state index contributed by atoms with van der Waals surface area (Å²) < 4.78 is 2.18. The molecule has 0 aliphatic rings. The van der Waals surface area contributed by atoms with Gasteiger partial charge in [-0.3, -0.25) is 4.99 Å². The summed E-state index contributed by atoms with van der Waals surface area (Å²) in [7, 11) is 0. The number of aryl methyl sites for hydroxylation is 2. The van der Waals surface area contributed by atoms with Crippen LogP contribution in [0.15, 0.2) is 46.5 Å². The zero-order chi connectivity index (χ0) is 18.6. The summed E-state index contributed by atoms with van der Waals surface area (Å²) in [5.41, 5.74) is 0. The van der Waals surface area contributed by atoms with Crippen LogP contribution in [0.5, 0.6) is 0 Å². The number of benzene rings is 1. The van der Waals surface area contributed by atoms with Crippen molar-refractivity contribution >= 4 is 53.3 Å². The Morgan fingerprint density at radius 2 is 2.00 bits per heavy atom. The van der Waals surface area contributed by atoms with E-state index >= 15 is 0 Å². The largest absolute Gasteiger partial charge is 0.357 e. The van der Waals surface area contributed by atoms with E-state index in [1.54, 1.807) is 0 Å². The van der Waals surface area contributed by atoms with Crippen molar-refractivity contribution in [2.45, 2.75) is 38.1 Å². The molecule has 0 unspecified atom stereocenters. The van der Waals surface area contributed by atoms with Crippen molar-refractivity contribution in [1.82, 2.24) is 20.2 Å². The van der Waals surface area contributed by atoms with Crippen LogP contribution in [-0.4, -0.2) is 40.9 Å². The average molecular weight is 522 g/mol. The third kappa shape index (κ3) is 9.71. The molecule has 27 heavy (non-hydrogen) atoms. The number of hydrogen-bond donors (Lipinski definition) is 2. The highest BCUT2D eigenvalue weighted by atomic mass is 127. The van der Waals surface area contributed by atoms with Gasteiger partial charge in [-0.25, -0.2) is 4.98 Å². The van der Waals surface area contributed by atoms with E-state index in [0.29, 0.717) is 0 Å². The molecule has 0 atom stereocenters. The lowest BCUT2D eigenvalue weighted by Gasteiger charge is -2.11. The van der Waals surface area contributed by atoms with Crippen LogP contribution in [0.1, 0.15) is 25.6 Å². The van der Waals surface area contributed by atoms with Crippen molar-refractivity contribution in [1.29, 1.82) is 0 Å². The van der Waals surface area contributed by atoms with Gasteiger partial charge >= 0.3 is 0 Å². The highest BCUT2D eigenvalue weighted by Crippen LogP contribution is 2.19. The minimum atomic E-state index is 0. The van der Waals surface area contributed by atoms with E-state index in [-0.39, 0.29) is 24.0 Å². The number of thioether (sulfide) groups is 1. The van der Waals surface area contributed by atoms with Crippen LogP contribution in [0.3, 0.4) is 0 Å². The van der Waals surface area contributed by atoms with Crippen molar-refractivity contribution in [2.24, 2.45) is 4.99 Å². The van der Waals surface area contributed by atoms with Gasteiger partial charge in [0.25, 0.3) is 0 Å². The lowest BCUT2D eigenvalue weighted by molar-refractivity contribution is 0.600. The Hall–Kier alpha value is -0.930. The number of unbranched alkanes of at least 4 members (excludes halogenated alkanes) is 1. The number of nitrogens with one attached hydrogen (secondary N) is 2. The zero-order valence-electron chi connectivity index (χ0n) is 15.9. The van der Waals surface area contributed by atoms with Crippen LogP contribution in [0, 0.1) is 6.92 Å². The van der Waals surface area contributed by atoms with E-state index < -0.39 is 0 Å². The van der Waals surface area contributed by atoms with Gasteiger partial charge in [0, 0.05) is 54.2 Å². The first-order valence-corrected chi connectivity index (χ1v) is 10.4. The minimum absolute atomic E-state index is 0. The van der Waals surface area contributed by atoms with Gasteiger partial charge in [0.05, 0.1) is 0 Å². The summed E-state index contributed by atoms with van der Waals surface area (Å²) in [6.07, 6.45) is 6.05. The van der Waals surface area contributed by atoms with Gasteiger partial charge in [-0.1, -0.05) is 11.6 Å². The lowest BCUT2D eigenvalue weighted by atomic mass is 10.3. The Morgan fingerprint density at radius 1 is 1.22 bits per heavy atom. The van der Waals surface area contributed by atoms with Crippen LogP contribution in [0.4, 0.5) is 0 Å². The molecule has 1 aromatic heterocycles. The third-order valence-corrected chi connectivity index (χ3v) is 5.09. The molecule has 0 spiro atoms. The Morgan fingerprint density at radius 3 is 2.67 bits per heavy atom. The van der Waals surface area contributed by atoms with E-state index in [9.17, 15) is 0 Å². The fourth-order valence-corrected chi connectivity index (χ4v) is 3.33. The molecule has 2 aromatic rings. The van der Waals surface area contributed by atoms with Crippen LogP contribution in [0.2, 0.25) is 5.02 Å². The first-order valence-electron chi connectivity index (χ1n) is 9.07. The molecule has 0 radical (unpaired) electrons. The molecule has 0 fully saturated rings. The molecule has 8 heteroatoms. The summed E-state index contributed by atoms with van der Waals surface area (Å²) in [6, 6.07) is 7.95. The number of rotatable bonds is 10. The van der Waals surface area contributed by atoms with E-state index in [0.717, 1.165) is 61.6 Å². The normalized spacial score (nSPS) is 11.1. The Bertz CT molecular complexity index is 675. The lowest BCUT2D eigenvalue weighted by Crippen LogP contribution is -2.38. The molecular formula is C19H29ClIN5S. The van der Waals surface area contributed by atoms with Crippen molar-refractivity contribution in [3.05, 3.63) is 47.5 Å². The van der Waals surface area contributed by atoms with Gasteiger partial charge in [0.2, 0.25) is 0 Å². The first kappa shape index (κ1) is 24.1. The van der Waals surface area contributed by atoms with Crippen molar-refractivity contribution in [2.75, 3.05) is 25.4 Å². The molecule has 0 bridgehead atoms. The van der Waals surface area contributed by atoms with Crippen molar-refractivity contribution in [3.8, 4) is 0 Å². The van der Waals surface area contributed by atoms with E-state index in [2.05, 4.69) is 32.1 Å². The second-order valence-corrected chi connectivity index (χ2v) is 7.47. The number of aliphatic imine (C=N–C) groups is 1. The Balaban J connectivity index is 0.00000364. The second kappa shape index (κ2) is 14.1. The summed E-state index contributed by atoms with van der Waals surface area (Å²) in [5.74, 6) is 2.94. The summed E-state index contributed by atoms with van der Waals surface area (Å²) >= 11 is 7.72. The Kier molecular flexibility index (Phi) is 12.6. The third-order valence-electron chi connectivity index (χ3n) is 3.82. The first-order chi connectivity index (χ1) is 12.7. The van der Waals surface area contributed by atoms with Gasteiger partial charge in [0.1, 0.15) is 5.82 Å². The molecule has 0 saturated heterocycles. The van der Waals surface area contributed by atoms with Crippen LogP contribution >= 0.6 is 47.3 Å². The van der Waals surface area contributed by atoms with E-state index in [1.165, 1.54) is 4.90 Å². The number of hydrogen-bond acceptors (Lipinski definition) is 3. The molecule has 5 nitrogen and oxygen atoms in total. The van der Waals surface area contributed by atoms with E-state index in [1.807, 2.05) is 55.3 Å². The number of nitrogens with zero attached hydrogens (tertiary/aromatic N) is 3. The highest BCUT2D eigenvalue weighted by Gasteiger charge is 1.99. The molecule has 2 rings (SSSR count). The van der Waals surface area contributed by atoms with E-state index in [4.69, 9.17) is 11.6 Å². The fraction of sp³-hybridized carbons (Fsp3) is 0.474.